The number of allylic oxidation sites excluding steroid dienone is 2. The van der Waals surface area contributed by atoms with E-state index in [0.717, 1.165) is 29.9 Å². The molecule has 0 aromatic heterocycles. The van der Waals surface area contributed by atoms with Gasteiger partial charge in [0, 0.05) is 6.42 Å². The summed E-state index contributed by atoms with van der Waals surface area (Å²) in [6.07, 6.45) is 3.32. The van der Waals surface area contributed by atoms with Crippen LogP contribution in [0.15, 0.2) is 40.1 Å². The molecule has 3 atom stereocenters. The zero-order valence-corrected chi connectivity index (χ0v) is 13.7. The molecule has 9 heteroatoms. The van der Waals surface area contributed by atoms with Crippen LogP contribution in [0.2, 0.25) is 0 Å². The van der Waals surface area contributed by atoms with E-state index < -0.39 is 42.2 Å². The van der Waals surface area contributed by atoms with E-state index in [1.165, 1.54) is 12.3 Å². The first kappa shape index (κ1) is 16.9. The van der Waals surface area contributed by atoms with E-state index in [2.05, 4.69) is 10.3 Å². The van der Waals surface area contributed by atoms with Crippen molar-refractivity contribution in [3.8, 4) is 0 Å². The predicted molar refractivity (Wildman–Crippen MR) is 86.5 cm³/mol. The number of rotatable bonds is 3. The first-order chi connectivity index (χ1) is 12.5. The molecule has 0 saturated carbocycles. The number of hydrogen-bond acceptors (Lipinski definition) is 5. The van der Waals surface area contributed by atoms with Crippen molar-refractivity contribution >= 4 is 17.6 Å². The third-order valence-corrected chi connectivity index (χ3v) is 4.99. The van der Waals surface area contributed by atoms with Gasteiger partial charge in [-0.3, -0.25) is 19.1 Å². The number of aliphatic carboxylic acids is 1. The number of nitrogens with one attached hydrogen (secondary N) is 1. The van der Waals surface area contributed by atoms with Crippen molar-refractivity contribution in [3.05, 3.63) is 35.1 Å². The van der Waals surface area contributed by atoms with Crippen LogP contribution in [0.4, 0.5) is 8.78 Å². The number of ether oxygens (including phenoxy) is 1. The third-order valence-electron chi connectivity index (χ3n) is 4.99. The number of aliphatic imine (C=N–C) groups is 1. The summed E-state index contributed by atoms with van der Waals surface area (Å²) in [4.78, 5) is 28.9. The second-order valence-electron chi connectivity index (χ2n) is 6.50. The van der Waals surface area contributed by atoms with Crippen LogP contribution in [0.3, 0.4) is 0 Å². The minimum absolute atomic E-state index is 0.0480. The maximum absolute atomic E-state index is 14.9. The zero-order chi connectivity index (χ0) is 18.4. The zero-order valence-electron chi connectivity index (χ0n) is 13.7. The summed E-state index contributed by atoms with van der Waals surface area (Å²) in [5.41, 5.74) is 0.226. The lowest BCUT2D eigenvalue weighted by molar-refractivity contribution is -0.132. The first-order valence-electron chi connectivity index (χ1n) is 8.43. The Balaban J connectivity index is 1.83. The minimum atomic E-state index is -1.52. The highest BCUT2D eigenvalue weighted by molar-refractivity contribution is 6.64. The standard InChI is InChI=1S/C17H17F2N3O4/c18-4-3-10-11-7-26-15-12-8(2-1-5-20-12)6-9(19)14(15)22(11)16(23)13(21-10)17(24)25/h6-7,10,12,15,20H,1-5H2,(H,24,25). The Morgan fingerprint density at radius 1 is 1.50 bits per heavy atom. The summed E-state index contributed by atoms with van der Waals surface area (Å²) in [5.74, 6) is -3.11. The van der Waals surface area contributed by atoms with E-state index in [1.54, 1.807) is 0 Å². The quantitative estimate of drug-likeness (QED) is 0.784. The van der Waals surface area contributed by atoms with Crippen LogP contribution < -0.4 is 5.32 Å². The summed E-state index contributed by atoms with van der Waals surface area (Å²) < 4.78 is 33.5. The number of fused-ring (bicyclic) bond motifs is 5. The Kier molecular flexibility index (Phi) is 4.10. The Bertz CT molecular complexity index is 802. The molecule has 0 aromatic carbocycles. The van der Waals surface area contributed by atoms with Crippen LogP contribution in [0.5, 0.6) is 0 Å². The molecule has 0 aromatic rings. The number of carbonyl (C=O) groups is 2. The molecule has 0 spiro atoms. The SMILES string of the molecule is O=C(O)C1=NC(CCF)C2=COC3C(=C(F)C=C4CCCNC43)N2C1=O. The normalized spacial score (nSPS) is 30.4. The van der Waals surface area contributed by atoms with Gasteiger partial charge in [-0.15, -0.1) is 0 Å². The van der Waals surface area contributed by atoms with Crippen molar-refractivity contribution < 1.29 is 28.2 Å². The number of halogens is 2. The third kappa shape index (κ3) is 2.45. The summed E-state index contributed by atoms with van der Waals surface area (Å²) in [5, 5.41) is 12.5. The van der Waals surface area contributed by atoms with Crippen LogP contribution in [-0.2, 0) is 14.3 Å². The van der Waals surface area contributed by atoms with Gasteiger partial charge in [0.25, 0.3) is 5.91 Å². The Morgan fingerprint density at radius 2 is 2.31 bits per heavy atom. The molecule has 3 unspecified atom stereocenters. The van der Waals surface area contributed by atoms with Gasteiger partial charge in [-0.05, 0) is 31.0 Å². The van der Waals surface area contributed by atoms with Crippen molar-refractivity contribution in [3.63, 3.8) is 0 Å². The fourth-order valence-corrected chi connectivity index (χ4v) is 3.84. The second-order valence-corrected chi connectivity index (χ2v) is 6.50. The molecule has 138 valence electrons. The molecule has 1 amide bonds. The Morgan fingerprint density at radius 3 is 3.04 bits per heavy atom. The Labute approximate surface area is 147 Å². The highest BCUT2D eigenvalue weighted by Crippen LogP contribution is 2.40. The lowest BCUT2D eigenvalue weighted by Gasteiger charge is -2.45. The van der Waals surface area contributed by atoms with E-state index in [9.17, 15) is 23.5 Å². The molecule has 1 aliphatic carbocycles. The van der Waals surface area contributed by atoms with E-state index in [0.29, 0.717) is 0 Å². The molecule has 4 rings (SSSR count). The fraction of sp³-hybridized carbons (Fsp3) is 0.471. The van der Waals surface area contributed by atoms with Crippen molar-refractivity contribution in [1.29, 1.82) is 0 Å². The number of hydrogen-bond donors (Lipinski definition) is 2. The number of carbonyl (C=O) groups excluding carboxylic acids is 1. The molecule has 26 heavy (non-hydrogen) atoms. The van der Waals surface area contributed by atoms with Gasteiger partial charge < -0.3 is 15.2 Å². The molecule has 0 bridgehead atoms. The highest BCUT2D eigenvalue weighted by Gasteiger charge is 2.48. The van der Waals surface area contributed by atoms with E-state index in [4.69, 9.17) is 4.74 Å². The first-order valence-corrected chi connectivity index (χ1v) is 8.43. The number of amides is 1. The van der Waals surface area contributed by atoms with Crippen LogP contribution in [-0.4, -0.2) is 59.0 Å². The van der Waals surface area contributed by atoms with Gasteiger partial charge in [0.1, 0.15) is 17.8 Å². The second kappa shape index (κ2) is 6.31. The Hall–Kier alpha value is -2.55. The highest BCUT2D eigenvalue weighted by atomic mass is 19.1. The number of carboxylic acids is 1. The van der Waals surface area contributed by atoms with Crippen LogP contribution in [0, 0.1) is 0 Å². The maximum Gasteiger partial charge on any atom is 0.359 e. The van der Waals surface area contributed by atoms with Crippen molar-refractivity contribution in [2.75, 3.05) is 13.2 Å². The van der Waals surface area contributed by atoms with E-state index in [-0.39, 0.29) is 23.9 Å². The smallest absolute Gasteiger partial charge is 0.359 e. The largest absolute Gasteiger partial charge is 0.488 e. The summed E-state index contributed by atoms with van der Waals surface area (Å²) >= 11 is 0. The van der Waals surface area contributed by atoms with Gasteiger partial charge >= 0.3 is 5.97 Å². The number of carboxylic acid groups (broad SMARTS) is 1. The van der Waals surface area contributed by atoms with Gasteiger partial charge in [0.15, 0.2) is 6.10 Å². The monoisotopic (exact) mass is 365 g/mol. The lowest BCUT2D eigenvalue weighted by Crippen LogP contribution is -2.56. The summed E-state index contributed by atoms with van der Waals surface area (Å²) in [6, 6.07) is -1.22. The molecular weight excluding hydrogens is 348 g/mol. The van der Waals surface area contributed by atoms with Gasteiger partial charge in [-0.2, -0.15) is 0 Å². The van der Waals surface area contributed by atoms with Crippen molar-refractivity contribution in [2.45, 2.75) is 37.5 Å². The fourth-order valence-electron chi connectivity index (χ4n) is 3.84. The lowest BCUT2D eigenvalue weighted by atomic mass is 9.85. The van der Waals surface area contributed by atoms with Gasteiger partial charge in [-0.1, -0.05) is 0 Å². The van der Waals surface area contributed by atoms with Gasteiger partial charge in [-0.25, -0.2) is 9.18 Å². The van der Waals surface area contributed by atoms with E-state index in [1.807, 2.05) is 0 Å². The molecule has 3 heterocycles. The van der Waals surface area contributed by atoms with Crippen LogP contribution in [0.1, 0.15) is 19.3 Å². The van der Waals surface area contributed by atoms with Crippen LogP contribution >= 0.6 is 0 Å². The molecule has 2 N–H and O–H groups in total. The average Bonchev–Trinajstić information content (AvgIpc) is 2.63. The van der Waals surface area contributed by atoms with Gasteiger partial charge in [0.2, 0.25) is 5.71 Å². The molecule has 3 aliphatic heterocycles. The number of alkyl halides is 1. The summed E-state index contributed by atoms with van der Waals surface area (Å²) in [7, 11) is 0. The maximum atomic E-state index is 14.9. The predicted octanol–water partition coefficient (Wildman–Crippen LogP) is 1.20. The topological polar surface area (TPSA) is 91.2 Å². The molecular formula is C17H17F2N3O4. The average molecular weight is 365 g/mol. The molecule has 0 radical (unpaired) electrons. The number of nitrogens with zero attached hydrogens (tertiary/aromatic N) is 2. The minimum Gasteiger partial charge on any atom is -0.488 e. The van der Waals surface area contributed by atoms with Crippen molar-refractivity contribution in [1.82, 2.24) is 10.2 Å². The van der Waals surface area contributed by atoms with Crippen LogP contribution in [0.25, 0.3) is 0 Å². The molecule has 7 nitrogen and oxygen atoms in total. The van der Waals surface area contributed by atoms with E-state index >= 15 is 0 Å². The molecule has 4 aliphatic rings. The van der Waals surface area contributed by atoms with Crippen molar-refractivity contribution in [2.24, 2.45) is 4.99 Å². The molecule has 1 saturated heterocycles. The number of piperidine rings is 1. The van der Waals surface area contributed by atoms with Gasteiger partial charge in [0.05, 0.1) is 24.5 Å². The summed E-state index contributed by atoms with van der Waals surface area (Å²) in [6.45, 7) is -0.0345. The molecule has 1 fully saturated rings.